The van der Waals surface area contributed by atoms with Gasteiger partial charge in [0.15, 0.2) is 0 Å². The highest BCUT2D eigenvalue weighted by atomic mass is 16.6. The van der Waals surface area contributed by atoms with Crippen LogP contribution in [0.1, 0.15) is 62.0 Å². The largest absolute Gasteiger partial charge is 0.465 e. The summed E-state index contributed by atoms with van der Waals surface area (Å²) in [6.07, 6.45) is 6.62. The third-order valence-corrected chi connectivity index (χ3v) is 7.19. The van der Waals surface area contributed by atoms with Gasteiger partial charge in [0.1, 0.15) is 0 Å². The fourth-order valence-electron chi connectivity index (χ4n) is 5.30. The Morgan fingerprint density at radius 1 is 1.03 bits per heavy atom. The number of benzene rings is 2. The molecule has 0 spiro atoms. The minimum absolute atomic E-state index is 0.0475. The number of nitro groups is 1. The molecule has 32 heavy (non-hydrogen) atoms. The standard InChI is InChI=1S/C26H32N2O4/c29-25(26(15-4-5-16-26)23-9-11-24(12-10-23)28(30)31)32-20-6-17-27-18-13-22(14-19-27)21-7-2-1-3-8-21/h1-3,7-12,22H,4-6,13-20H2. The smallest absolute Gasteiger partial charge is 0.316 e. The minimum Gasteiger partial charge on any atom is -0.465 e. The molecule has 1 saturated heterocycles. The van der Waals surface area contributed by atoms with E-state index in [0.717, 1.165) is 57.3 Å². The van der Waals surface area contributed by atoms with E-state index in [1.165, 1.54) is 30.5 Å². The molecule has 6 nitrogen and oxygen atoms in total. The fourth-order valence-corrected chi connectivity index (χ4v) is 5.30. The Bertz CT molecular complexity index is 899. The Morgan fingerprint density at radius 3 is 2.31 bits per heavy atom. The van der Waals surface area contributed by atoms with Gasteiger partial charge in [-0.3, -0.25) is 14.9 Å². The Hall–Kier alpha value is -2.73. The van der Waals surface area contributed by atoms with Crippen molar-refractivity contribution in [3.63, 3.8) is 0 Å². The summed E-state index contributed by atoms with van der Waals surface area (Å²) in [5, 5.41) is 11.0. The van der Waals surface area contributed by atoms with E-state index in [0.29, 0.717) is 12.5 Å². The van der Waals surface area contributed by atoms with Crippen LogP contribution in [0.25, 0.3) is 0 Å². The summed E-state index contributed by atoms with van der Waals surface area (Å²) in [6, 6.07) is 17.2. The lowest BCUT2D eigenvalue weighted by atomic mass is 9.79. The van der Waals surface area contributed by atoms with Crippen LogP contribution in [0.3, 0.4) is 0 Å². The van der Waals surface area contributed by atoms with Gasteiger partial charge in [0.2, 0.25) is 0 Å². The first-order chi connectivity index (χ1) is 15.6. The second-order valence-electron chi connectivity index (χ2n) is 9.11. The van der Waals surface area contributed by atoms with Gasteiger partial charge in [0, 0.05) is 18.7 Å². The topological polar surface area (TPSA) is 72.7 Å². The van der Waals surface area contributed by atoms with Crippen LogP contribution in [-0.4, -0.2) is 42.0 Å². The molecule has 1 aliphatic heterocycles. The lowest BCUT2D eigenvalue weighted by Gasteiger charge is -2.32. The fraction of sp³-hybridized carbons (Fsp3) is 0.500. The zero-order valence-electron chi connectivity index (χ0n) is 18.6. The minimum atomic E-state index is -0.650. The van der Waals surface area contributed by atoms with Crippen molar-refractivity contribution < 1.29 is 14.5 Å². The maximum absolute atomic E-state index is 13.1. The van der Waals surface area contributed by atoms with Gasteiger partial charge in [-0.1, -0.05) is 55.3 Å². The molecular formula is C26H32N2O4. The quantitative estimate of drug-likeness (QED) is 0.246. The summed E-state index contributed by atoms with van der Waals surface area (Å²) in [6.45, 7) is 3.53. The van der Waals surface area contributed by atoms with Crippen LogP contribution in [0.5, 0.6) is 0 Å². The molecule has 6 heteroatoms. The summed E-state index contributed by atoms with van der Waals surface area (Å²) < 4.78 is 5.74. The van der Waals surface area contributed by atoms with Crippen LogP contribution >= 0.6 is 0 Å². The predicted molar refractivity (Wildman–Crippen MR) is 124 cm³/mol. The third kappa shape index (κ3) is 5.01. The van der Waals surface area contributed by atoms with Gasteiger partial charge in [-0.2, -0.15) is 0 Å². The molecule has 1 aliphatic carbocycles. The Labute approximate surface area is 189 Å². The lowest BCUT2D eigenvalue weighted by molar-refractivity contribution is -0.384. The number of likely N-dealkylation sites (tertiary alicyclic amines) is 1. The number of nitro benzene ring substituents is 1. The highest BCUT2D eigenvalue weighted by molar-refractivity contribution is 5.83. The molecule has 4 rings (SSSR count). The first-order valence-electron chi connectivity index (χ1n) is 11.8. The van der Waals surface area contributed by atoms with Gasteiger partial charge in [-0.25, -0.2) is 0 Å². The number of rotatable bonds is 8. The molecule has 0 atom stereocenters. The maximum atomic E-state index is 13.1. The van der Waals surface area contributed by atoms with E-state index >= 15 is 0 Å². The number of esters is 1. The number of carbonyl (C=O) groups is 1. The van der Waals surface area contributed by atoms with Gasteiger partial charge < -0.3 is 9.64 Å². The van der Waals surface area contributed by atoms with Gasteiger partial charge >= 0.3 is 5.97 Å². The normalized spacial score (nSPS) is 19.0. The van der Waals surface area contributed by atoms with E-state index in [9.17, 15) is 14.9 Å². The van der Waals surface area contributed by atoms with Crippen LogP contribution in [0.15, 0.2) is 54.6 Å². The molecule has 0 unspecified atom stereocenters. The van der Waals surface area contributed by atoms with Gasteiger partial charge in [-0.05, 0) is 62.2 Å². The van der Waals surface area contributed by atoms with Gasteiger partial charge in [0.05, 0.1) is 16.9 Å². The molecule has 2 aromatic rings. The van der Waals surface area contributed by atoms with Crippen molar-refractivity contribution in [3.8, 4) is 0 Å². The van der Waals surface area contributed by atoms with E-state index in [2.05, 4.69) is 35.2 Å². The van der Waals surface area contributed by atoms with Crippen LogP contribution in [-0.2, 0) is 14.9 Å². The summed E-state index contributed by atoms with van der Waals surface area (Å²) >= 11 is 0. The molecule has 1 heterocycles. The molecule has 2 fully saturated rings. The lowest BCUT2D eigenvalue weighted by Crippen LogP contribution is -2.36. The Morgan fingerprint density at radius 2 is 1.69 bits per heavy atom. The summed E-state index contributed by atoms with van der Waals surface area (Å²) in [7, 11) is 0. The van der Waals surface area contributed by atoms with Crippen molar-refractivity contribution in [3.05, 3.63) is 75.8 Å². The molecule has 0 bridgehead atoms. The molecule has 170 valence electrons. The average Bonchev–Trinajstić information content (AvgIpc) is 3.34. The molecule has 2 aliphatic rings. The molecular weight excluding hydrogens is 404 g/mol. The van der Waals surface area contributed by atoms with Crippen LogP contribution in [0, 0.1) is 10.1 Å². The van der Waals surface area contributed by atoms with E-state index in [1.807, 2.05) is 0 Å². The molecule has 0 aromatic heterocycles. The van der Waals surface area contributed by atoms with Crippen molar-refractivity contribution >= 4 is 11.7 Å². The van der Waals surface area contributed by atoms with E-state index in [4.69, 9.17) is 4.74 Å². The van der Waals surface area contributed by atoms with Crippen LogP contribution in [0.4, 0.5) is 5.69 Å². The van der Waals surface area contributed by atoms with Crippen molar-refractivity contribution in [2.24, 2.45) is 0 Å². The zero-order valence-corrected chi connectivity index (χ0v) is 18.6. The zero-order chi connectivity index (χ0) is 22.4. The molecule has 2 aromatic carbocycles. The summed E-state index contributed by atoms with van der Waals surface area (Å²) in [4.78, 5) is 26.1. The van der Waals surface area contributed by atoms with Crippen LogP contribution < -0.4 is 0 Å². The van der Waals surface area contributed by atoms with Gasteiger partial charge in [-0.15, -0.1) is 0 Å². The summed E-state index contributed by atoms with van der Waals surface area (Å²) in [5.74, 6) is 0.473. The highest BCUT2D eigenvalue weighted by Crippen LogP contribution is 2.42. The van der Waals surface area contributed by atoms with Crippen molar-refractivity contribution in [2.75, 3.05) is 26.2 Å². The SMILES string of the molecule is O=C(OCCCN1CCC(c2ccccc2)CC1)C1(c2ccc([N+](=O)[O-])cc2)CCCC1. The first-order valence-corrected chi connectivity index (χ1v) is 11.8. The van der Waals surface area contributed by atoms with Crippen molar-refractivity contribution in [1.29, 1.82) is 0 Å². The number of carbonyl (C=O) groups excluding carboxylic acids is 1. The van der Waals surface area contributed by atoms with Crippen LogP contribution in [0.2, 0.25) is 0 Å². The third-order valence-electron chi connectivity index (χ3n) is 7.19. The number of non-ortho nitro benzene ring substituents is 1. The molecule has 0 radical (unpaired) electrons. The number of ether oxygens (including phenoxy) is 1. The number of hydrogen-bond acceptors (Lipinski definition) is 5. The van der Waals surface area contributed by atoms with Crippen molar-refractivity contribution in [1.82, 2.24) is 4.90 Å². The number of nitrogens with zero attached hydrogens (tertiary/aromatic N) is 2. The molecule has 1 saturated carbocycles. The number of hydrogen-bond donors (Lipinski definition) is 0. The second-order valence-corrected chi connectivity index (χ2v) is 9.11. The molecule has 0 N–H and O–H groups in total. The number of piperidine rings is 1. The van der Waals surface area contributed by atoms with Gasteiger partial charge in [0.25, 0.3) is 5.69 Å². The van der Waals surface area contributed by atoms with E-state index < -0.39 is 10.3 Å². The Balaban J connectivity index is 1.24. The highest BCUT2D eigenvalue weighted by Gasteiger charge is 2.44. The van der Waals surface area contributed by atoms with E-state index in [-0.39, 0.29) is 11.7 Å². The van der Waals surface area contributed by atoms with Crippen molar-refractivity contribution in [2.45, 2.75) is 56.3 Å². The summed E-state index contributed by atoms with van der Waals surface area (Å²) in [5.41, 5.74) is 1.68. The predicted octanol–water partition coefficient (Wildman–Crippen LogP) is 5.22. The Kier molecular flexibility index (Phi) is 7.20. The second kappa shape index (κ2) is 10.3. The molecule has 0 amide bonds. The first kappa shape index (κ1) is 22.5. The monoisotopic (exact) mass is 436 g/mol. The van der Waals surface area contributed by atoms with E-state index in [1.54, 1.807) is 12.1 Å². The average molecular weight is 437 g/mol. The maximum Gasteiger partial charge on any atom is 0.316 e.